The molecule has 2 saturated heterocycles. The highest BCUT2D eigenvalue weighted by atomic mass is 16.8. The molecular formula is C23H20N2O4. The molecule has 6 nitrogen and oxygen atoms in total. The Bertz CT molecular complexity index is 977. The second-order valence-electron chi connectivity index (χ2n) is 6.78. The van der Waals surface area contributed by atoms with Gasteiger partial charge in [0.15, 0.2) is 0 Å². The molecule has 0 amide bonds. The second kappa shape index (κ2) is 7.95. The van der Waals surface area contributed by atoms with Gasteiger partial charge in [-0.2, -0.15) is 0 Å². The lowest BCUT2D eigenvalue weighted by atomic mass is 10.2. The predicted octanol–water partition coefficient (Wildman–Crippen LogP) is 4.65. The first kappa shape index (κ1) is 17.7. The van der Waals surface area contributed by atoms with Gasteiger partial charge in [-0.25, -0.2) is 0 Å². The maximum atomic E-state index is 5.56. The Hall–Kier alpha value is -3.35. The highest BCUT2D eigenvalue weighted by Gasteiger charge is 2.25. The molecule has 0 spiro atoms. The highest BCUT2D eigenvalue weighted by Crippen LogP contribution is 2.24. The van der Waals surface area contributed by atoms with Crippen LogP contribution in [0, 0.1) is 0 Å². The van der Waals surface area contributed by atoms with Gasteiger partial charge < -0.3 is 24.3 Å². The van der Waals surface area contributed by atoms with Crippen LogP contribution in [0.15, 0.2) is 77.8 Å². The fourth-order valence-corrected chi connectivity index (χ4v) is 2.71. The third-order valence-corrected chi connectivity index (χ3v) is 4.39. The summed E-state index contributed by atoms with van der Waals surface area (Å²) in [5, 5.41) is 3.37. The predicted molar refractivity (Wildman–Crippen MR) is 111 cm³/mol. The summed E-state index contributed by atoms with van der Waals surface area (Å²) in [5.41, 5.74) is 3.89. The van der Waals surface area contributed by atoms with Crippen molar-refractivity contribution in [3.05, 3.63) is 78.4 Å². The van der Waals surface area contributed by atoms with E-state index >= 15 is 0 Å². The minimum absolute atomic E-state index is 0.0772. The van der Waals surface area contributed by atoms with E-state index in [9.17, 15) is 0 Å². The van der Waals surface area contributed by atoms with Crippen molar-refractivity contribution in [2.75, 3.05) is 18.5 Å². The number of aliphatic imine (C=N–C) groups is 1. The van der Waals surface area contributed by atoms with Crippen molar-refractivity contribution in [2.24, 2.45) is 4.99 Å². The molecule has 3 aromatic rings. The molecule has 2 heterocycles. The van der Waals surface area contributed by atoms with E-state index in [1.54, 1.807) is 0 Å². The lowest BCUT2D eigenvalue weighted by Crippen LogP contribution is -1.97. The molecule has 2 aliphatic rings. The van der Waals surface area contributed by atoms with Crippen molar-refractivity contribution in [1.82, 2.24) is 0 Å². The van der Waals surface area contributed by atoms with Crippen LogP contribution in [0.1, 0.15) is 5.56 Å². The Morgan fingerprint density at radius 3 is 1.72 bits per heavy atom. The zero-order valence-corrected chi connectivity index (χ0v) is 15.7. The molecule has 0 aromatic heterocycles. The Kier molecular flexibility index (Phi) is 4.86. The molecule has 2 aliphatic heterocycles. The van der Waals surface area contributed by atoms with E-state index in [0.717, 1.165) is 34.1 Å². The number of benzene rings is 3. The summed E-state index contributed by atoms with van der Waals surface area (Å²) in [7, 11) is 0. The summed E-state index contributed by atoms with van der Waals surface area (Å²) in [5.74, 6) is 1.60. The molecule has 2 unspecified atom stereocenters. The van der Waals surface area contributed by atoms with E-state index in [4.69, 9.17) is 18.9 Å². The molecule has 1 N–H and O–H groups in total. The van der Waals surface area contributed by atoms with Crippen molar-refractivity contribution in [3.8, 4) is 11.5 Å². The van der Waals surface area contributed by atoms with Gasteiger partial charge in [-0.15, -0.1) is 0 Å². The van der Waals surface area contributed by atoms with E-state index in [-0.39, 0.29) is 12.6 Å². The summed E-state index contributed by atoms with van der Waals surface area (Å²) >= 11 is 0. The van der Waals surface area contributed by atoms with Crippen molar-refractivity contribution in [2.45, 2.75) is 12.6 Å². The van der Waals surface area contributed by atoms with E-state index in [2.05, 4.69) is 10.3 Å². The van der Waals surface area contributed by atoms with Crippen molar-refractivity contribution >= 4 is 23.3 Å². The van der Waals surface area contributed by atoms with E-state index < -0.39 is 0 Å². The van der Waals surface area contributed by atoms with E-state index in [1.165, 1.54) is 0 Å². The summed E-state index contributed by atoms with van der Waals surface area (Å²) in [6, 6.07) is 23.6. The first-order valence-corrected chi connectivity index (χ1v) is 9.48. The van der Waals surface area contributed by atoms with Crippen LogP contribution in [0.2, 0.25) is 0 Å². The quantitative estimate of drug-likeness (QED) is 0.449. The van der Waals surface area contributed by atoms with Crippen LogP contribution in [0.5, 0.6) is 11.5 Å². The number of nitrogens with zero attached hydrogens (tertiary/aromatic N) is 1. The molecule has 2 atom stereocenters. The lowest BCUT2D eigenvalue weighted by molar-refractivity contribution is 0.179. The van der Waals surface area contributed by atoms with Crippen LogP contribution in [0.4, 0.5) is 17.1 Å². The van der Waals surface area contributed by atoms with Gasteiger partial charge in [0.2, 0.25) is 12.6 Å². The lowest BCUT2D eigenvalue weighted by Gasteiger charge is -2.08. The van der Waals surface area contributed by atoms with E-state index in [0.29, 0.717) is 13.2 Å². The first-order valence-electron chi connectivity index (χ1n) is 9.48. The van der Waals surface area contributed by atoms with Gasteiger partial charge in [0.05, 0.1) is 5.69 Å². The smallest absolute Gasteiger partial charge is 0.223 e. The molecule has 146 valence electrons. The third kappa shape index (κ3) is 5.13. The second-order valence-corrected chi connectivity index (χ2v) is 6.78. The number of hydrogen-bond acceptors (Lipinski definition) is 6. The Morgan fingerprint density at radius 1 is 0.724 bits per heavy atom. The average molecular weight is 388 g/mol. The summed E-state index contributed by atoms with van der Waals surface area (Å²) < 4.78 is 21.2. The first-order chi connectivity index (χ1) is 14.3. The number of ether oxygens (including phenoxy) is 4. The zero-order valence-electron chi connectivity index (χ0n) is 15.7. The molecular weight excluding hydrogens is 368 g/mol. The number of rotatable bonds is 8. The number of anilines is 2. The minimum atomic E-state index is -0.0833. The van der Waals surface area contributed by atoms with Crippen molar-refractivity contribution < 1.29 is 18.9 Å². The van der Waals surface area contributed by atoms with Crippen molar-refractivity contribution in [3.63, 3.8) is 0 Å². The summed E-state index contributed by atoms with van der Waals surface area (Å²) in [6.45, 7) is 1.34. The Balaban J connectivity index is 1.16. The highest BCUT2D eigenvalue weighted by molar-refractivity contribution is 5.82. The van der Waals surface area contributed by atoms with E-state index in [1.807, 2.05) is 79.0 Å². The average Bonchev–Trinajstić information content (AvgIpc) is 3.67. The molecule has 0 bridgehead atoms. The molecule has 0 radical (unpaired) electrons. The van der Waals surface area contributed by atoms with Gasteiger partial charge in [-0.3, -0.25) is 4.99 Å². The molecule has 5 rings (SSSR count). The van der Waals surface area contributed by atoms with Gasteiger partial charge in [0.25, 0.3) is 0 Å². The monoisotopic (exact) mass is 388 g/mol. The standard InChI is InChI=1S/C23H20N2O4/c1-3-18(25-19-7-11-21(12-8-19)29-23-15-27-23)4-2-16(1)13-24-17-5-9-20(10-6-17)28-22-14-26-22/h1-13,22-23,25H,14-15H2/b24-13+. The fourth-order valence-electron chi connectivity index (χ4n) is 2.71. The van der Waals surface area contributed by atoms with Crippen LogP contribution in [-0.2, 0) is 9.47 Å². The zero-order chi connectivity index (χ0) is 19.5. The Morgan fingerprint density at radius 2 is 1.21 bits per heavy atom. The van der Waals surface area contributed by atoms with Crippen LogP contribution in [0.3, 0.4) is 0 Å². The normalized spacial score (nSPS) is 19.7. The maximum Gasteiger partial charge on any atom is 0.223 e. The fraction of sp³-hybridized carbons (Fsp3) is 0.174. The van der Waals surface area contributed by atoms with Gasteiger partial charge >= 0.3 is 0 Å². The number of nitrogens with one attached hydrogen (secondary N) is 1. The number of epoxide rings is 2. The molecule has 29 heavy (non-hydrogen) atoms. The van der Waals surface area contributed by atoms with Gasteiger partial charge in [0, 0.05) is 17.6 Å². The molecule has 0 saturated carbocycles. The van der Waals surface area contributed by atoms with Crippen LogP contribution < -0.4 is 14.8 Å². The van der Waals surface area contributed by atoms with Gasteiger partial charge in [-0.05, 0) is 66.2 Å². The topological polar surface area (TPSA) is 67.9 Å². The van der Waals surface area contributed by atoms with Crippen LogP contribution in [0.25, 0.3) is 0 Å². The maximum absolute atomic E-state index is 5.56. The molecule has 6 heteroatoms. The summed E-state index contributed by atoms with van der Waals surface area (Å²) in [6.07, 6.45) is 1.68. The van der Waals surface area contributed by atoms with Crippen LogP contribution in [-0.4, -0.2) is 32.0 Å². The Labute approximate surface area is 168 Å². The minimum Gasteiger partial charge on any atom is -0.462 e. The summed E-state index contributed by atoms with van der Waals surface area (Å²) in [4.78, 5) is 4.51. The largest absolute Gasteiger partial charge is 0.462 e. The van der Waals surface area contributed by atoms with Gasteiger partial charge in [-0.1, -0.05) is 12.1 Å². The molecule has 3 aromatic carbocycles. The molecule has 0 aliphatic carbocycles. The molecule has 2 fully saturated rings. The third-order valence-electron chi connectivity index (χ3n) is 4.39. The SMILES string of the molecule is C(=N\c1ccc(OC2CO2)cc1)/c1ccc(Nc2ccc(OC3CO3)cc2)cc1. The van der Waals surface area contributed by atoms with Crippen LogP contribution >= 0.6 is 0 Å². The van der Waals surface area contributed by atoms with Crippen molar-refractivity contribution in [1.29, 1.82) is 0 Å². The van der Waals surface area contributed by atoms with Gasteiger partial charge in [0.1, 0.15) is 24.7 Å². The number of hydrogen-bond donors (Lipinski definition) is 1.